The third kappa shape index (κ3) is 4.17. The number of rotatable bonds is 5. The van der Waals surface area contributed by atoms with E-state index in [1.165, 1.54) is 0 Å². The van der Waals surface area contributed by atoms with E-state index >= 15 is 0 Å². The maximum absolute atomic E-state index is 13.2. The van der Waals surface area contributed by atoms with Crippen LogP contribution in [0.2, 0.25) is 0 Å². The van der Waals surface area contributed by atoms with Crippen LogP contribution in [-0.2, 0) is 14.4 Å². The number of fused-ring (bicyclic) bond motifs is 1. The zero-order valence-electron chi connectivity index (χ0n) is 16.8. The second-order valence-electron chi connectivity index (χ2n) is 8.04. The second kappa shape index (κ2) is 8.93. The van der Waals surface area contributed by atoms with E-state index in [9.17, 15) is 24.0 Å². The van der Waals surface area contributed by atoms with Crippen molar-refractivity contribution in [2.24, 2.45) is 5.92 Å². The van der Waals surface area contributed by atoms with Gasteiger partial charge in [-0.1, -0.05) is 28.7 Å². The van der Waals surface area contributed by atoms with Crippen LogP contribution in [0.3, 0.4) is 0 Å². The number of alkyl halides is 1. The van der Waals surface area contributed by atoms with Gasteiger partial charge >= 0.3 is 0 Å². The second-order valence-corrected chi connectivity index (χ2v) is 8.81. The van der Waals surface area contributed by atoms with E-state index in [0.717, 1.165) is 30.6 Å². The van der Waals surface area contributed by atoms with Gasteiger partial charge in [-0.25, -0.2) is 0 Å². The van der Waals surface area contributed by atoms with Crippen molar-refractivity contribution in [2.45, 2.75) is 50.6 Å². The first-order chi connectivity index (χ1) is 14.9. The Labute approximate surface area is 192 Å². The predicted molar refractivity (Wildman–Crippen MR) is 120 cm³/mol. The van der Waals surface area contributed by atoms with Crippen molar-refractivity contribution in [3.8, 4) is 0 Å². The van der Waals surface area contributed by atoms with Gasteiger partial charge in [-0.3, -0.25) is 34.2 Å². The Morgan fingerprint density at radius 1 is 1.06 bits per heavy atom. The van der Waals surface area contributed by atoms with Crippen LogP contribution in [0.25, 0.3) is 0 Å². The molecule has 1 unspecified atom stereocenters. The van der Waals surface area contributed by atoms with E-state index in [1.807, 2.05) is 0 Å². The number of nitrogens with zero attached hydrogens (tertiary/aromatic N) is 1. The van der Waals surface area contributed by atoms with Crippen molar-refractivity contribution in [2.75, 3.05) is 9.87 Å². The summed E-state index contributed by atoms with van der Waals surface area (Å²) in [5.74, 6) is -1.98. The van der Waals surface area contributed by atoms with Gasteiger partial charge in [0.1, 0.15) is 6.04 Å². The largest absolute Gasteiger partial charge is 0.382 e. The number of imide groups is 2. The molecule has 3 N–H and O–H groups in total. The molecule has 1 aromatic carbocycles. The standard InChI is InChI=1S/C21H23IN4O5/c22-10-23-18(28)11-4-6-12(7-5-11)24-14-3-1-2-13-17(14)21(31)26(20(13)30)15-8-9-16(27)25-19(15)29/h1-3,11-12,15,24H,4-10H2,(H,23,28)(H,25,27,29). The van der Waals surface area contributed by atoms with E-state index < -0.39 is 29.7 Å². The molecule has 0 radical (unpaired) electrons. The fourth-order valence-electron chi connectivity index (χ4n) is 4.57. The normalized spacial score (nSPS) is 25.8. The van der Waals surface area contributed by atoms with Gasteiger partial charge in [0.25, 0.3) is 11.8 Å². The maximum atomic E-state index is 13.2. The summed E-state index contributed by atoms with van der Waals surface area (Å²) < 4.78 is 0.588. The molecule has 31 heavy (non-hydrogen) atoms. The fraction of sp³-hybridized carbons (Fsp3) is 0.476. The first-order valence-corrected chi connectivity index (χ1v) is 11.9. The van der Waals surface area contributed by atoms with Gasteiger partial charge in [0, 0.05) is 24.1 Å². The highest BCUT2D eigenvalue weighted by Gasteiger charge is 2.45. The van der Waals surface area contributed by atoms with E-state index in [1.54, 1.807) is 18.2 Å². The Hall–Kier alpha value is -2.50. The van der Waals surface area contributed by atoms with Crippen LogP contribution in [-0.4, -0.2) is 51.1 Å². The van der Waals surface area contributed by atoms with Crippen molar-refractivity contribution in [1.82, 2.24) is 15.5 Å². The van der Waals surface area contributed by atoms with Crippen LogP contribution in [0.1, 0.15) is 59.2 Å². The highest BCUT2D eigenvalue weighted by Crippen LogP contribution is 2.34. The Kier molecular flexibility index (Phi) is 6.26. The van der Waals surface area contributed by atoms with Gasteiger partial charge in [0.05, 0.1) is 15.7 Å². The zero-order valence-corrected chi connectivity index (χ0v) is 18.9. The molecule has 1 saturated heterocycles. The molecule has 1 atom stereocenters. The number of halogens is 1. The van der Waals surface area contributed by atoms with E-state index in [2.05, 4.69) is 38.5 Å². The third-order valence-electron chi connectivity index (χ3n) is 6.17. The Balaban J connectivity index is 1.49. The molecule has 10 heteroatoms. The highest BCUT2D eigenvalue weighted by atomic mass is 127. The number of piperidine rings is 1. The lowest BCUT2D eigenvalue weighted by Gasteiger charge is -2.29. The minimum atomic E-state index is -0.982. The van der Waals surface area contributed by atoms with Crippen LogP contribution in [0.15, 0.2) is 18.2 Å². The first-order valence-electron chi connectivity index (χ1n) is 10.4. The lowest BCUT2D eigenvalue weighted by molar-refractivity contribution is -0.136. The number of anilines is 1. The number of carbonyl (C=O) groups excluding carboxylic acids is 5. The Bertz CT molecular complexity index is 957. The molecular weight excluding hydrogens is 515 g/mol. The maximum Gasteiger partial charge on any atom is 0.264 e. The highest BCUT2D eigenvalue weighted by molar-refractivity contribution is 14.1. The molecule has 164 valence electrons. The quantitative estimate of drug-likeness (QED) is 0.226. The molecule has 2 aliphatic heterocycles. The summed E-state index contributed by atoms with van der Waals surface area (Å²) >= 11 is 2.11. The fourth-order valence-corrected chi connectivity index (χ4v) is 4.94. The number of carbonyl (C=O) groups is 5. The van der Waals surface area contributed by atoms with Crippen molar-refractivity contribution in [3.63, 3.8) is 0 Å². The zero-order chi connectivity index (χ0) is 22.1. The summed E-state index contributed by atoms with van der Waals surface area (Å²) in [6.45, 7) is 0. The van der Waals surface area contributed by atoms with Gasteiger partial charge in [0.2, 0.25) is 17.7 Å². The number of hydrogen-bond acceptors (Lipinski definition) is 6. The summed E-state index contributed by atoms with van der Waals surface area (Å²) in [7, 11) is 0. The van der Waals surface area contributed by atoms with E-state index in [0.29, 0.717) is 10.2 Å². The minimum absolute atomic E-state index is 0.000491. The van der Waals surface area contributed by atoms with Crippen molar-refractivity contribution < 1.29 is 24.0 Å². The molecule has 1 saturated carbocycles. The van der Waals surface area contributed by atoms with Crippen LogP contribution >= 0.6 is 22.6 Å². The predicted octanol–water partition coefficient (Wildman–Crippen LogP) is 1.57. The monoisotopic (exact) mass is 538 g/mol. The molecule has 9 nitrogen and oxygen atoms in total. The lowest BCUT2D eigenvalue weighted by Crippen LogP contribution is -2.54. The molecule has 1 aliphatic carbocycles. The van der Waals surface area contributed by atoms with Gasteiger partial charge in [-0.15, -0.1) is 0 Å². The summed E-state index contributed by atoms with van der Waals surface area (Å²) in [4.78, 5) is 62.8. The molecule has 2 heterocycles. The van der Waals surface area contributed by atoms with E-state index in [-0.39, 0.29) is 41.8 Å². The molecule has 4 rings (SSSR count). The lowest BCUT2D eigenvalue weighted by atomic mass is 9.85. The van der Waals surface area contributed by atoms with Crippen molar-refractivity contribution in [3.05, 3.63) is 29.3 Å². The van der Waals surface area contributed by atoms with Crippen LogP contribution in [0.5, 0.6) is 0 Å². The Morgan fingerprint density at radius 2 is 1.81 bits per heavy atom. The smallest absolute Gasteiger partial charge is 0.264 e. The SMILES string of the molecule is O=C1CCC(N2C(=O)c3cccc(NC4CCC(C(=O)NCI)CC4)c3C2=O)C(=O)N1. The van der Waals surface area contributed by atoms with Crippen LogP contribution in [0, 0.1) is 5.92 Å². The van der Waals surface area contributed by atoms with Gasteiger partial charge in [0.15, 0.2) is 0 Å². The average molecular weight is 538 g/mol. The van der Waals surface area contributed by atoms with Crippen LogP contribution in [0.4, 0.5) is 5.69 Å². The summed E-state index contributed by atoms with van der Waals surface area (Å²) in [6, 6.07) is 4.15. The molecule has 3 aliphatic rings. The molecule has 2 fully saturated rings. The molecule has 5 amide bonds. The molecule has 1 aromatic rings. The van der Waals surface area contributed by atoms with Gasteiger partial charge in [-0.2, -0.15) is 0 Å². The number of benzene rings is 1. The van der Waals surface area contributed by atoms with Crippen LogP contribution < -0.4 is 16.0 Å². The first kappa shape index (κ1) is 21.7. The van der Waals surface area contributed by atoms with Gasteiger partial charge in [-0.05, 0) is 44.2 Å². The summed E-state index contributed by atoms with van der Waals surface area (Å²) in [6.07, 6.45) is 3.28. The third-order valence-corrected chi connectivity index (χ3v) is 6.55. The Morgan fingerprint density at radius 3 is 2.48 bits per heavy atom. The van der Waals surface area contributed by atoms with Gasteiger partial charge < -0.3 is 10.6 Å². The number of amides is 5. The van der Waals surface area contributed by atoms with Crippen molar-refractivity contribution in [1.29, 1.82) is 0 Å². The molecule has 0 spiro atoms. The number of hydrogen-bond donors (Lipinski definition) is 3. The average Bonchev–Trinajstić information content (AvgIpc) is 3.00. The molecule has 0 bridgehead atoms. The van der Waals surface area contributed by atoms with Crippen molar-refractivity contribution >= 4 is 57.8 Å². The molecule has 0 aromatic heterocycles. The topological polar surface area (TPSA) is 125 Å². The number of nitrogens with one attached hydrogen (secondary N) is 3. The summed E-state index contributed by atoms with van der Waals surface area (Å²) in [5, 5.41) is 8.43. The van der Waals surface area contributed by atoms with E-state index in [4.69, 9.17) is 0 Å². The minimum Gasteiger partial charge on any atom is -0.382 e. The molecular formula is C21H23IN4O5. The summed E-state index contributed by atoms with van der Waals surface area (Å²) in [5.41, 5.74) is 1.09.